The van der Waals surface area contributed by atoms with Crippen molar-refractivity contribution in [2.45, 2.75) is 79.6 Å². The zero-order valence-electron chi connectivity index (χ0n) is 52.8. The van der Waals surface area contributed by atoms with Gasteiger partial charge in [0.25, 0.3) is 0 Å². The van der Waals surface area contributed by atoms with Crippen LogP contribution >= 0.6 is 0 Å². The summed E-state index contributed by atoms with van der Waals surface area (Å²) in [5, 5.41) is 80.0. The van der Waals surface area contributed by atoms with Crippen LogP contribution in [0.1, 0.15) is 143 Å². The van der Waals surface area contributed by atoms with E-state index in [1.54, 1.807) is 48.5 Å². The largest absolute Gasteiger partial charge is 0.507 e. The smallest absolute Gasteiger partial charge is 0.200 e. The highest BCUT2D eigenvalue weighted by atomic mass is 16.5. The molecule has 0 bridgehead atoms. The number of carbonyl (C=O) groups is 4. The molecule has 0 amide bonds. The summed E-state index contributed by atoms with van der Waals surface area (Å²) >= 11 is 0. The van der Waals surface area contributed by atoms with E-state index in [0.717, 1.165) is 44.9 Å². The molecule has 0 spiro atoms. The highest BCUT2D eigenvalue weighted by Crippen LogP contribution is 2.35. The summed E-state index contributed by atoms with van der Waals surface area (Å²) in [4.78, 5) is 49.9. The second-order valence-corrected chi connectivity index (χ2v) is 20.2. The van der Waals surface area contributed by atoms with Crippen LogP contribution in [0.25, 0.3) is 0 Å². The summed E-state index contributed by atoms with van der Waals surface area (Å²) < 4.78 is 42.1. The van der Waals surface area contributed by atoms with Crippen LogP contribution in [-0.2, 0) is 0 Å². The molecule has 0 saturated carbocycles. The average Bonchev–Trinajstić information content (AvgIpc) is 1.09. The molecule has 92 heavy (non-hydrogen) atoms. The maximum Gasteiger partial charge on any atom is 0.200 e. The molecule has 0 aliphatic carbocycles. The Morgan fingerprint density at radius 1 is 0.261 bits per heavy atom. The van der Waals surface area contributed by atoms with Gasteiger partial charge < -0.3 is 78.7 Å². The number of hydrogen-bond acceptors (Lipinski definition) is 20. The summed E-state index contributed by atoms with van der Waals surface area (Å²) in [5.41, 5.74) is 0.816. The molecule has 0 atom stereocenters. The van der Waals surface area contributed by atoms with E-state index in [0.29, 0.717) is 79.0 Å². The number of phenolic OH excluding ortho intramolecular Hbond substituents is 8. The fourth-order valence-corrected chi connectivity index (χ4v) is 8.43. The molecule has 0 aromatic heterocycles. The maximum absolute atomic E-state index is 12.6. The number of rotatable bonds is 28. The van der Waals surface area contributed by atoms with E-state index in [1.807, 2.05) is 13.8 Å². The van der Waals surface area contributed by atoms with Crippen molar-refractivity contribution in [3.8, 4) is 92.0 Å². The number of carbonyl (C=O) groups excluding carboxylic acids is 4. The molecule has 8 rings (SSSR count). The van der Waals surface area contributed by atoms with Gasteiger partial charge in [-0.2, -0.15) is 0 Å². The van der Waals surface area contributed by atoms with Crippen molar-refractivity contribution in [3.63, 3.8) is 0 Å². The molecule has 8 aromatic rings. The summed E-state index contributed by atoms with van der Waals surface area (Å²) in [5.74, 6) is 0.453. The van der Waals surface area contributed by atoms with Crippen LogP contribution in [0.15, 0.2) is 146 Å². The number of methoxy groups -OCH3 is 3. The zero-order chi connectivity index (χ0) is 67.3. The standard InChI is InChI=1S/C21H26O5.C18H20O5.C17H18O5.C16H16O5/c1-3-5-11-25-15-7-9-17(19(22)13-15)21(24)18-10-8-16(14-20(18)23)26-12-6-4-2;1-3-4-9-23-13-6-8-15(17(20)11-13)18(21)14-7-5-12(22-2)10-16(14)19;1-3-8-22-12-5-7-14(16(19)10-12)17(20)13-6-4-11(21-2)9-15(13)18;1-3-21-11-5-7-13(15(18)9-11)16(19)12-6-4-10(20-2)8-14(12)17/h7-10,13-14,22-23H,3-6,11-12H2,1-2H3;5-8,10-11,19-20H,3-4,9H2,1-2H3;4-7,9-10,18-19H,3,8H2,1-2H3;4-9,17-18H,3H2,1-2H3. The third-order valence-electron chi connectivity index (χ3n) is 13.5. The highest BCUT2D eigenvalue weighted by molar-refractivity contribution is 6.14. The lowest BCUT2D eigenvalue weighted by molar-refractivity contribution is 0.102. The van der Waals surface area contributed by atoms with Crippen LogP contribution in [0.5, 0.6) is 92.0 Å². The van der Waals surface area contributed by atoms with Crippen LogP contribution < -0.4 is 37.9 Å². The lowest BCUT2D eigenvalue weighted by atomic mass is 10.0. The topological polar surface area (TPSA) is 304 Å². The zero-order valence-corrected chi connectivity index (χ0v) is 52.8. The lowest BCUT2D eigenvalue weighted by Crippen LogP contribution is -2.04. The molecule has 8 N–H and O–H groups in total. The lowest BCUT2D eigenvalue weighted by Gasteiger charge is -2.11. The first-order valence-corrected chi connectivity index (χ1v) is 29.8. The molecule has 0 saturated heterocycles. The van der Waals surface area contributed by atoms with Crippen molar-refractivity contribution in [3.05, 3.63) is 190 Å². The van der Waals surface area contributed by atoms with E-state index in [1.165, 1.54) is 118 Å². The van der Waals surface area contributed by atoms with Crippen LogP contribution in [-0.4, -0.2) is 118 Å². The molecule has 0 unspecified atom stereocenters. The van der Waals surface area contributed by atoms with E-state index in [4.69, 9.17) is 37.9 Å². The first-order chi connectivity index (χ1) is 44.2. The maximum atomic E-state index is 12.6. The Bertz CT molecular complexity index is 3680. The fraction of sp³-hybridized carbons (Fsp3) is 0.278. The summed E-state index contributed by atoms with van der Waals surface area (Å²) in [6, 6.07) is 35.7. The number of ketones is 4. The Morgan fingerprint density at radius 3 is 0.620 bits per heavy atom. The summed E-state index contributed by atoms with van der Waals surface area (Å²) in [7, 11) is 4.41. The molecule has 20 nitrogen and oxygen atoms in total. The van der Waals surface area contributed by atoms with E-state index in [9.17, 15) is 60.0 Å². The summed E-state index contributed by atoms with van der Waals surface area (Å²) in [6.45, 7) is 12.7. The Hall–Kier alpha value is -10.8. The van der Waals surface area contributed by atoms with Crippen LogP contribution in [0.3, 0.4) is 0 Å². The van der Waals surface area contributed by atoms with Gasteiger partial charge in [0, 0.05) is 48.5 Å². The minimum absolute atomic E-state index is 0.0928. The molecule has 0 aliphatic rings. The second kappa shape index (κ2) is 36.7. The van der Waals surface area contributed by atoms with Gasteiger partial charge in [0.1, 0.15) is 92.0 Å². The van der Waals surface area contributed by atoms with E-state index >= 15 is 0 Å². The van der Waals surface area contributed by atoms with Gasteiger partial charge >= 0.3 is 0 Å². The number of unbranched alkanes of at least 4 members (excludes halogenated alkanes) is 3. The van der Waals surface area contributed by atoms with Crippen LogP contribution in [0, 0.1) is 0 Å². The third-order valence-corrected chi connectivity index (χ3v) is 13.5. The fourth-order valence-electron chi connectivity index (χ4n) is 8.43. The minimum Gasteiger partial charge on any atom is -0.507 e. The molecule has 488 valence electrons. The van der Waals surface area contributed by atoms with Gasteiger partial charge in [0.2, 0.25) is 0 Å². The van der Waals surface area contributed by atoms with Crippen molar-refractivity contribution in [1.29, 1.82) is 0 Å². The van der Waals surface area contributed by atoms with E-state index < -0.39 is 23.1 Å². The number of hydrogen-bond donors (Lipinski definition) is 8. The molecule has 0 aliphatic heterocycles. The van der Waals surface area contributed by atoms with Gasteiger partial charge in [-0.1, -0.05) is 47.0 Å². The molecule has 20 heteroatoms. The van der Waals surface area contributed by atoms with Crippen molar-refractivity contribution < 1.29 is 97.9 Å². The van der Waals surface area contributed by atoms with Crippen LogP contribution in [0.4, 0.5) is 0 Å². The Labute approximate surface area is 535 Å². The quantitative estimate of drug-likeness (QED) is 0.0167. The second-order valence-electron chi connectivity index (χ2n) is 20.2. The Kier molecular flexibility index (Phi) is 28.7. The van der Waals surface area contributed by atoms with Crippen molar-refractivity contribution in [2.75, 3.05) is 54.4 Å². The van der Waals surface area contributed by atoms with Gasteiger partial charge in [-0.05, 0) is 130 Å². The predicted octanol–water partition coefficient (Wildman–Crippen LogP) is 14.1. The third kappa shape index (κ3) is 20.7. The minimum atomic E-state index is -0.476. The number of phenols is 8. The molecular weight excluding hydrogens is 1180 g/mol. The van der Waals surface area contributed by atoms with E-state index in [2.05, 4.69) is 20.8 Å². The number of aromatic hydroxyl groups is 8. The van der Waals surface area contributed by atoms with Crippen LogP contribution in [0.2, 0.25) is 0 Å². The van der Waals surface area contributed by atoms with Gasteiger partial charge in [-0.25, -0.2) is 0 Å². The molecule has 0 heterocycles. The molecule has 0 fully saturated rings. The van der Waals surface area contributed by atoms with Gasteiger partial charge in [-0.3, -0.25) is 19.2 Å². The van der Waals surface area contributed by atoms with Crippen molar-refractivity contribution >= 4 is 23.1 Å². The van der Waals surface area contributed by atoms with Gasteiger partial charge in [0.15, 0.2) is 23.1 Å². The van der Waals surface area contributed by atoms with Gasteiger partial charge in [0.05, 0.1) is 98.9 Å². The summed E-state index contributed by atoms with van der Waals surface area (Å²) in [6.07, 6.45) is 6.64. The molecule has 0 radical (unpaired) electrons. The average molecular weight is 1270 g/mol. The Morgan fingerprint density at radius 2 is 0.446 bits per heavy atom. The number of ether oxygens (including phenoxy) is 8. The SMILES string of the molecule is CCCCOc1ccc(C(=O)c2ccc(OC)cc2O)c(O)c1.CCCCOc1ccc(C(=O)c2ccc(OCCCC)cc2O)c(O)c1.CCCOc1ccc(C(=O)c2ccc(OC)cc2O)c(O)c1.CCOc1ccc(C(=O)c2ccc(OC)cc2O)c(O)c1. The van der Waals surface area contributed by atoms with Gasteiger partial charge in [-0.15, -0.1) is 0 Å². The predicted molar refractivity (Wildman–Crippen MR) is 346 cm³/mol. The first-order valence-electron chi connectivity index (χ1n) is 29.8. The van der Waals surface area contributed by atoms with E-state index in [-0.39, 0.29) is 90.5 Å². The highest BCUT2D eigenvalue weighted by Gasteiger charge is 2.23. The Balaban J connectivity index is 0.000000223. The van der Waals surface area contributed by atoms with Crippen molar-refractivity contribution in [2.24, 2.45) is 0 Å². The molecular formula is C72H80O20. The normalized spacial score (nSPS) is 10.3. The number of benzene rings is 8. The van der Waals surface area contributed by atoms with Crippen molar-refractivity contribution in [1.82, 2.24) is 0 Å². The first kappa shape index (κ1) is 72.0. The molecule has 8 aromatic carbocycles. The monoisotopic (exact) mass is 1260 g/mol.